The van der Waals surface area contributed by atoms with Crippen molar-refractivity contribution in [3.63, 3.8) is 0 Å². The van der Waals surface area contributed by atoms with Gasteiger partial charge in [-0.15, -0.1) is 11.3 Å². The Balaban J connectivity index is 1.65. The van der Waals surface area contributed by atoms with E-state index in [1.807, 2.05) is 17.5 Å². The molecule has 1 aliphatic rings. The number of nitrogens with one attached hydrogen (secondary N) is 1. The molecule has 138 valence electrons. The van der Waals surface area contributed by atoms with Crippen molar-refractivity contribution in [2.75, 3.05) is 11.9 Å². The number of hydrogen-bond donors (Lipinski definition) is 2. The van der Waals surface area contributed by atoms with Gasteiger partial charge < -0.3 is 10.0 Å². The number of aromatic nitrogens is 2. The third-order valence-electron chi connectivity index (χ3n) is 4.37. The van der Waals surface area contributed by atoms with E-state index in [1.165, 1.54) is 11.3 Å². The van der Waals surface area contributed by atoms with Crippen molar-refractivity contribution in [1.82, 2.24) is 14.7 Å². The number of carbonyl (C=O) groups excluding carboxylic acids is 1. The van der Waals surface area contributed by atoms with Gasteiger partial charge in [0.25, 0.3) is 0 Å². The molecule has 27 heavy (non-hydrogen) atoms. The lowest BCUT2D eigenvalue weighted by atomic mass is 10.1. The van der Waals surface area contributed by atoms with Crippen molar-refractivity contribution in [2.24, 2.45) is 0 Å². The number of carbonyl (C=O) groups is 2. The van der Waals surface area contributed by atoms with Crippen LogP contribution in [0.3, 0.4) is 0 Å². The van der Waals surface area contributed by atoms with Gasteiger partial charge in [-0.25, -0.2) is 14.3 Å². The van der Waals surface area contributed by atoms with Crippen molar-refractivity contribution >= 4 is 39.9 Å². The zero-order valence-corrected chi connectivity index (χ0v) is 15.6. The Hall–Kier alpha value is -2.84. The van der Waals surface area contributed by atoms with Crippen LogP contribution in [0.5, 0.6) is 0 Å². The van der Waals surface area contributed by atoms with Crippen molar-refractivity contribution in [2.45, 2.75) is 13.0 Å². The van der Waals surface area contributed by atoms with Crippen LogP contribution in [0, 0.1) is 0 Å². The van der Waals surface area contributed by atoms with E-state index < -0.39 is 5.97 Å². The van der Waals surface area contributed by atoms with E-state index in [4.69, 9.17) is 11.6 Å². The van der Waals surface area contributed by atoms with Gasteiger partial charge in [0.2, 0.25) is 0 Å². The van der Waals surface area contributed by atoms with Crippen LogP contribution >= 0.6 is 22.9 Å². The van der Waals surface area contributed by atoms with Gasteiger partial charge in [-0.05, 0) is 41.8 Å². The molecule has 1 aromatic carbocycles. The predicted octanol–water partition coefficient (Wildman–Crippen LogP) is 3.88. The lowest BCUT2D eigenvalue weighted by molar-refractivity contribution is 0.0687. The third kappa shape index (κ3) is 3.41. The van der Waals surface area contributed by atoms with Crippen molar-refractivity contribution in [1.29, 1.82) is 0 Å². The normalized spacial score (nSPS) is 13.3. The van der Waals surface area contributed by atoms with Gasteiger partial charge in [0.05, 0.1) is 22.9 Å². The topological polar surface area (TPSA) is 87.5 Å². The molecule has 3 heterocycles. The maximum Gasteiger partial charge on any atom is 0.356 e. The van der Waals surface area contributed by atoms with E-state index in [2.05, 4.69) is 10.4 Å². The average molecular weight is 403 g/mol. The lowest BCUT2D eigenvalue weighted by Crippen LogP contribution is -2.39. The fourth-order valence-corrected chi connectivity index (χ4v) is 3.83. The molecule has 2 amide bonds. The predicted molar refractivity (Wildman–Crippen MR) is 103 cm³/mol. The minimum atomic E-state index is -1.11. The monoisotopic (exact) mass is 402 g/mol. The smallest absolute Gasteiger partial charge is 0.356 e. The van der Waals surface area contributed by atoms with E-state index in [9.17, 15) is 14.7 Å². The van der Waals surface area contributed by atoms with Crippen molar-refractivity contribution in [3.8, 4) is 5.69 Å². The van der Waals surface area contributed by atoms with Gasteiger partial charge in [-0.1, -0.05) is 11.6 Å². The number of anilines is 1. The molecule has 7 nitrogen and oxygen atoms in total. The van der Waals surface area contributed by atoms with Crippen LogP contribution in [-0.2, 0) is 13.0 Å². The number of halogens is 1. The Morgan fingerprint density at radius 1 is 1.22 bits per heavy atom. The number of amides is 2. The number of fused-ring (bicyclic) bond motifs is 1. The second-order valence-electron chi connectivity index (χ2n) is 6.05. The van der Waals surface area contributed by atoms with Gasteiger partial charge in [0.15, 0.2) is 5.69 Å². The molecule has 0 saturated carbocycles. The number of nitrogens with zero attached hydrogens (tertiary/aromatic N) is 3. The highest BCUT2D eigenvalue weighted by molar-refractivity contribution is 7.14. The molecule has 0 radical (unpaired) electrons. The molecule has 0 bridgehead atoms. The minimum Gasteiger partial charge on any atom is -0.476 e. The van der Waals surface area contributed by atoms with Gasteiger partial charge in [-0.3, -0.25) is 5.32 Å². The molecule has 0 atom stereocenters. The molecule has 1 aliphatic heterocycles. The fraction of sp³-hybridized carbons (Fsp3) is 0.167. The van der Waals surface area contributed by atoms with E-state index >= 15 is 0 Å². The second-order valence-corrected chi connectivity index (χ2v) is 7.43. The number of aromatic carboxylic acids is 1. The summed E-state index contributed by atoms with van der Waals surface area (Å²) in [4.78, 5) is 25.8. The molecule has 0 spiro atoms. The highest BCUT2D eigenvalue weighted by atomic mass is 35.5. The van der Waals surface area contributed by atoms with Crippen LogP contribution in [0.1, 0.15) is 21.7 Å². The van der Waals surface area contributed by atoms with Crippen LogP contribution in [0.4, 0.5) is 9.80 Å². The summed E-state index contributed by atoms with van der Waals surface area (Å²) in [5.41, 5.74) is 2.06. The number of thiophene rings is 1. The Morgan fingerprint density at radius 3 is 2.67 bits per heavy atom. The lowest BCUT2D eigenvalue weighted by Gasteiger charge is -2.27. The molecule has 2 aromatic heterocycles. The summed E-state index contributed by atoms with van der Waals surface area (Å²) in [6.07, 6.45) is 0.510. The Bertz CT molecular complexity index is 999. The summed E-state index contributed by atoms with van der Waals surface area (Å²) in [5, 5.41) is 19.9. The van der Waals surface area contributed by atoms with Crippen LogP contribution in [0.2, 0.25) is 5.02 Å². The summed E-state index contributed by atoms with van der Waals surface area (Å²) in [7, 11) is 0. The van der Waals surface area contributed by atoms with E-state index in [1.54, 1.807) is 33.8 Å². The highest BCUT2D eigenvalue weighted by Crippen LogP contribution is 2.27. The SMILES string of the molecule is O=C(O)c1nn(-c2ccc(Cl)cc2)c2c1CN(C(=O)Nc1cccs1)CC2. The highest BCUT2D eigenvalue weighted by Gasteiger charge is 2.30. The standard InChI is InChI=1S/C18H15ClN4O3S/c19-11-3-5-12(6-4-11)23-14-7-8-22(10-13(14)16(21-23)17(24)25)18(26)20-15-2-1-9-27-15/h1-6,9H,7-8,10H2,(H,20,26)(H,24,25). The molecule has 3 aromatic rings. The number of carboxylic acids is 1. The Kier molecular flexibility index (Phi) is 4.59. The molecule has 0 fully saturated rings. The Labute approximate surface area is 163 Å². The summed E-state index contributed by atoms with van der Waals surface area (Å²) in [6, 6.07) is 10.5. The second kappa shape index (κ2) is 7.05. The van der Waals surface area contributed by atoms with Crippen LogP contribution in [0.25, 0.3) is 5.69 Å². The molecule has 4 rings (SSSR count). The van der Waals surface area contributed by atoms with E-state index in [0.717, 1.165) is 16.4 Å². The van der Waals surface area contributed by atoms with Crippen molar-refractivity contribution in [3.05, 3.63) is 63.8 Å². The van der Waals surface area contributed by atoms with Crippen LogP contribution in [-0.4, -0.2) is 38.3 Å². The number of rotatable bonds is 3. The largest absolute Gasteiger partial charge is 0.476 e. The number of benzene rings is 1. The average Bonchev–Trinajstić information content (AvgIpc) is 3.29. The molecular weight excluding hydrogens is 388 g/mol. The number of carboxylic acid groups (broad SMARTS) is 1. The zero-order valence-electron chi connectivity index (χ0n) is 14.1. The first-order valence-corrected chi connectivity index (χ1v) is 9.48. The molecular formula is C18H15ClN4O3S. The van der Waals surface area contributed by atoms with Gasteiger partial charge in [0, 0.05) is 23.6 Å². The zero-order chi connectivity index (χ0) is 19.0. The first-order valence-electron chi connectivity index (χ1n) is 8.22. The van der Waals surface area contributed by atoms with E-state index in [-0.39, 0.29) is 18.3 Å². The van der Waals surface area contributed by atoms with E-state index in [0.29, 0.717) is 23.6 Å². The number of urea groups is 1. The quantitative estimate of drug-likeness (QED) is 0.696. The van der Waals surface area contributed by atoms with Gasteiger partial charge in [0.1, 0.15) is 0 Å². The molecule has 0 aliphatic carbocycles. The molecule has 9 heteroatoms. The summed E-state index contributed by atoms with van der Waals surface area (Å²) in [6.45, 7) is 0.671. The minimum absolute atomic E-state index is 0.0337. The first kappa shape index (κ1) is 17.6. The summed E-state index contributed by atoms with van der Waals surface area (Å²) >= 11 is 7.37. The Morgan fingerprint density at radius 2 is 2.00 bits per heavy atom. The molecule has 0 unspecified atom stereocenters. The van der Waals surface area contributed by atoms with Gasteiger partial charge in [-0.2, -0.15) is 5.10 Å². The maximum absolute atomic E-state index is 12.5. The van der Waals surface area contributed by atoms with Crippen LogP contribution < -0.4 is 5.32 Å². The summed E-state index contributed by atoms with van der Waals surface area (Å²) < 4.78 is 1.63. The first-order chi connectivity index (χ1) is 13.0. The van der Waals surface area contributed by atoms with Crippen LogP contribution in [0.15, 0.2) is 41.8 Å². The molecule has 0 saturated heterocycles. The van der Waals surface area contributed by atoms with Crippen molar-refractivity contribution < 1.29 is 14.7 Å². The van der Waals surface area contributed by atoms with Gasteiger partial charge >= 0.3 is 12.0 Å². The third-order valence-corrected chi connectivity index (χ3v) is 5.41. The number of hydrogen-bond acceptors (Lipinski definition) is 4. The summed E-state index contributed by atoms with van der Waals surface area (Å²) in [5.74, 6) is -1.11. The molecule has 2 N–H and O–H groups in total. The fourth-order valence-electron chi connectivity index (χ4n) is 3.09. The maximum atomic E-state index is 12.5.